The summed E-state index contributed by atoms with van der Waals surface area (Å²) in [5, 5.41) is 0. The fourth-order valence-electron chi connectivity index (χ4n) is 1.80. The van der Waals surface area contributed by atoms with Gasteiger partial charge in [-0.05, 0) is 17.7 Å². The monoisotopic (exact) mass is 286 g/mol. The van der Waals surface area contributed by atoms with E-state index < -0.39 is 11.5 Å². The molecule has 21 heavy (non-hydrogen) atoms. The van der Waals surface area contributed by atoms with Crippen LogP contribution in [0.4, 0.5) is 5.69 Å². The van der Waals surface area contributed by atoms with Crippen LogP contribution in [0, 0.1) is 5.92 Å². The van der Waals surface area contributed by atoms with Crippen molar-refractivity contribution in [1.29, 1.82) is 0 Å². The molecule has 0 saturated carbocycles. The molecule has 2 N–H and O–H groups in total. The van der Waals surface area contributed by atoms with Gasteiger partial charge in [0.1, 0.15) is 5.69 Å². The molecule has 0 fully saturated rings. The Hall–Kier alpha value is -2.56. The first-order valence-electron chi connectivity index (χ1n) is 6.75. The van der Waals surface area contributed by atoms with E-state index in [4.69, 9.17) is 10.6 Å². The minimum absolute atomic E-state index is 0.0448. The Labute approximate surface area is 122 Å². The Morgan fingerprint density at radius 3 is 2.48 bits per heavy atom. The predicted octanol–water partition coefficient (Wildman–Crippen LogP) is 1.63. The van der Waals surface area contributed by atoms with Gasteiger partial charge in [-0.1, -0.05) is 44.2 Å². The van der Waals surface area contributed by atoms with Crippen LogP contribution in [0.3, 0.4) is 0 Å². The van der Waals surface area contributed by atoms with E-state index in [2.05, 4.69) is 0 Å². The third-order valence-electron chi connectivity index (χ3n) is 3.03. The quantitative estimate of drug-likeness (QED) is 0.927. The highest BCUT2D eigenvalue weighted by Crippen LogP contribution is 2.09. The number of nitrogens with zero attached hydrogens (tertiary/aromatic N) is 1. The molecule has 0 aliphatic heterocycles. The van der Waals surface area contributed by atoms with Crippen LogP contribution >= 0.6 is 0 Å². The Bertz CT molecular complexity index is 690. The molecule has 0 saturated heterocycles. The SMILES string of the molecule is CC(C)C(=O)On1c(Cc2ccccc2)ccc(N)c1=O. The van der Waals surface area contributed by atoms with Crippen LogP contribution < -0.4 is 16.1 Å². The molecule has 2 aromatic rings. The fourth-order valence-corrected chi connectivity index (χ4v) is 1.80. The first-order valence-corrected chi connectivity index (χ1v) is 6.75. The van der Waals surface area contributed by atoms with Crippen LogP contribution in [0.5, 0.6) is 0 Å². The number of nitrogen functional groups attached to an aromatic ring is 1. The van der Waals surface area contributed by atoms with Crippen LogP contribution in [0.2, 0.25) is 0 Å². The molecule has 5 heteroatoms. The van der Waals surface area contributed by atoms with Gasteiger partial charge in [0.05, 0.1) is 11.6 Å². The van der Waals surface area contributed by atoms with Gasteiger partial charge in [0.2, 0.25) is 0 Å². The summed E-state index contributed by atoms with van der Waals surface area (Å²) in [6, 6.07) is 12.8. The molecule has 0 radical (unpaired) electrons. The molecule has 0 aliphatic rings. The highest BCUT2D eigenvalue weighted by molar-refractivity contribution is 5.71. The van der Waals surface area contributed by atoms with E-state index in [1.807, 2.05) is 30.3 Å². The van der Waals surface area contributed by atoms with Crippen molar-refractivity contribution in [3.05, 3.63) is 64.1 Å². The molecule has 1 aromatic heterocycles. The van der Waals surface area contributed by atoms with Crippen LogP contribution in [0.1, 0.15) is 25.1 Å². The lowest BCUT2D eigenvalue weighted by Gasteiger charge is -2.14. The molecule has 0 atom stereocenters. The third kappa shape index (κ3) is 3.51. The van der Waals surface area contributed by atoms with Gasteiger partial charge in [0.25, 0.3) is 0 Å². The summed E-state index contributed by atoms with van der Waals surface area (Å²) in [6.45, 7) is 3.41. The lowest BCUT2D eigenvalue weighted by Crippen LogP contribution is -2.36. The highest BCUT2D eigenvalue weighted by Gasteiger charge is 2.15. The summed E-state index contributed by atoms with van der Waals surface area (Å²) in [5.41, 5.74) is 6.73. The number of aromatic nitrogens is 1. The number of hydrogen-bond acceptors (Lipinski definition) is 4. The second kappa shape index (κ2) is 6.26. The van der Waals surface area contributed by atoms with E-state index in [0.29, 0.717) is 12.1 Å². The van der Waals surface area contributed by atoms with Crippen LogP contribution in [-0.2, 0) is 11.2 Å². The van der Waals surface area contributed by atoms with Crippen molar-refractivity contribution in [2.75, 3.05) is 5.73 Å². The van der Waals surface area contributed by atoms with Gasteiger partial charge in [-0.25, -0.2) is 4.79 Å². The molecule has 1 heterocycles. The molecular weight excluding hydrogens is 268 g/mol. The number of carbonyl (C=O) groups excluding carboxylic acids is 1. The molecule has 0 amide bonds. The number of rotatable bonds is 4. The molecule has 0 unspecified atom stereocenters. The topological polar surface area (TPSA) is 74.3 Å². The number of benzene rings is 1. The van der Waals surface area contributed by atoms with E-state index in [1.165, 1.54) is 6.07 Å². The van der Waals surface area contributed by atoms with Gasteiger partial charge in [-0.2, -0.15) is 0 Å². The van der Waals surface area contributed by atoms with Crippen molar-refractivity contribution in [3.8, 4) is 0 Å². The Kier molecular flexibility index (Phi) is 4.42. The number of pyridine rings is 1. The molecule has 5 nitrogen and oxygen atoms in total. The molecular formula is C16H18N2O3. The average Bonchev–Trinajstić information content (AvgIpc) is 2.47. The largest absolute Gasteiger partial charge is 0.394 e. The molecule has 0 spiro atoms. The van der Waals surface area contributed by atoms with E-state index in [-0.39, 0.29) is 11.6 Å². The average molecular weight is 286 g/mol. The van der Waals surface area contributed by atoms with E-state index in [1.54, 1.807) is 19.9 Å². The van der Waals surface area contributed by atoms with Crippen molar-refractivity contribution in [2.24, 2.45) is 5.92 Å². The predicted molar refractivity (Wildman–Crippen MR) is 80.8 cm³/mol. The zero-order valence-electron chi connectivity index (χ0n) is 12.1. The molecule has 110 valence electrons. The van der Waals surface area contributed by atoms with E-state index in [0.717, 1.165) is 10.3 Å². The maximum atomic E-state index is 12.1. The van der Waals surface area contributed by atoms with Crippen LogP contribution in [0.25, 0.3) is 0 Å². The first kappa shape index (κ1) is 14.8. The summed E-state index contributed by atoms with van der Waals surface area (Å²) >= 11 is 0. The second-order valence-corrected chi connectivity index (χ2v) is 5.11. The van der Waals surface area contributed by atoms with Gasteiger partial charge in [-0.3, -0.25) is 4.79 Å². The summed E-state index contributed by atoms with van der Waals surface area (Å²) in [6.07, 6.45) is 0.474. The van der Waals surface area contributed by atoms with E-state index >= 15 is 0 Å². The highest BCUT2D eigenvalue weighted by atomic mass is 16.7. The van der Waals surface area contributed by atoms with E-state index in [9.17, 15) is 9.59 Å². The minimum Gasteiger partial charge on any atom is -0.394 e. The molecule has 1 aromatic carbocycles. The minimum atomic E-state index is -0.516. The fraction of sp³-hybridized carbons (Fsp3) is 0.250. The van der Waals surface area contributed by atoms with Gasteiger partial charge >= 0.3 is 11.5 Å². The molecule has 0 bridgehead atoms. The smallest absolute Gasteiger partial charge is 0.335 e. The second-order valence-electron chi connectivity index (χ2n) is 5.11. The lowest BCUT2D eigenvalue weighted by molar-refractivity contribution is -0.148. The molecule has 2 rings (SSSR count). The van der Waals surface area contributed by atoms with Gasteiger partial charge in [0.15, 0.2) is 0 Å². The lowest BCUT2D eigenvalue weighted by atomic mass is 10.1. The van der Waals surface area contributed by atoms with Crippen LogP contribution in [0.15, 0.2) is 47.3 Å². The van der Waals surface area contributed by atoms with Crippen molar-refractivity contribution in [1.82, 2.24) is 4.73 Å². The summed E-state index contributed by atoms with van der Waals surface area (Å²) in [7, 11) is 0. The summed E-state index contributed by atoms with van der Waals surface area (Å²) in [5.74, 6) is -0.806. The van der Waals surface area contributed by atoms with Crippen molar-refractivity contribution >= 4 is 11.7 Å². The number of nitrogens with two attached hydrogens (primary N) is 1. The first-order chi connectivity index (χ1) is 9.99. The van der Waals surface area contributed by atoms with Crippen molar-refractivity contribution in [2.45, 2.75) is 20.3 Å². The van der Waals surface area contributed by atoms with Gasteiger partial charge in [-0.15, -0.1) is 4.73 Å². The zero-order valence-corrected chi connectivity index (χ0v) is 12.1. The maximum Gasteiger partial charge on any atom is 0.335 e. The third-order valence-corrected chi connectivity index (χ3v) is 3.03. The Morgan fingerprint density at radius 1 is 1.19 bits per heavy atom. The Morgan fingerprint density at radius 2 is 1.86 bits per heavy atom. The van der Waals surface area contributed by atoms with Gasteiger partial charge < -0.3 is 10.6 Å². The molecule has 0 aliphatic carbocycles. The van der Waals surface area contributed by atoms with Gasteiger partial charge in [0, 0.05) is 6.42 Å². The van der Waals surface area contributed by atoms with Crippen molar-refractivity contribution in [3.63, 3.8) is 0 Å². The summed E-state index contributed by atoms with van der Waals surface area (Å²) in [4.78, 5) is 29.0. The Balaban J connectivity index is 2.39. The number of hydrogen-bond donors (Lipinski definition) is 1. The normalized spacial score (nSPS) is 10.6. The van der Waals surface area contributed by atoms with Crippen LogP contribution in [-0.4, -0.2) is 10.7 Å². The maximum absolute atomic E-state index is 12.1. The van der Waals surface area contributed by atoms with Crippen molar-refractivity contribution < 1.29 is 9.63 Å². The standard InChI is InChI=1S/C16H18N2O3/c1-11(2)16(20)21-18-13(8-9-14(17)15(18)19)10-12-6-4-3-5-7-12/h3-9,11H,10,17H2,1-2H3. The summed E-state index contributed by atoms with van der Waals surface area (Å²) < 4.78 is 0.991. The number of anilines is 1. The number of carbonyl (C=O) groups is 1. The zero-order chi connectivity index (χ0) is 15.4.